The SMILES string of the molecule is CCCCCCCCCCCCCN/C=C\C(=O)c1ccc(OCCCCCC)cc1. The van der Waals surface area contributed by atoms with Crippen LogP contribution in [0.1, 0.15) is 121 Å². The minimum absolute atomic E-state index is 0.0286. The van der Waals surface area contributed by atoms with Gasteiger partial charge in [-0.25, -0.2) is 0 Å². The molecule has 1 rings (SSSR count). The Morgan fingerprint density at radius 3 is 1.84 bits per heavy atom. The number of allylic oxidation sites excluding steroid dienone is 1. The van der Waals surface area contributed by atoms with Gasteiger partial charge in [-0.2, -0.15) is 0 Å². The van der Waals surface area contributed by atoms with Crippen LogP contribution in [-0.2, 0) is 0 Å². The molecule has 0 heterocycles. The summed E-state index contributed by atoms with van der Waals surface area (Å²) in [5, 5.41) is 3.25. The number of nitrogens with one attached hydrogen (secondary N) is 1. The summed E-state index contributed by atoms with van der Waals surface area (Å²) in [5.74, 6) is 0.868. The number of rotatable bonds is 21. The molecule has 0 aliphatic heterocycles. The van der Waals surface area contributed by atoms with E-state index in [9.17, 15) is 4.79 Å². The molecule has 0 saturated heterocycles. The van der Waals surface area contributed by atoms with E-state index in [1.165, 1.54) is 89.9 Å². The summed E-state index contributed by atoms with van der Waals surface area (Å²) in [6.07, 6.45) is 23.1. The number of hydrogen-bond donors (Lipinski definition) is 1. The molecule has 0 amide bonds. The highest BCUT2D eigenvalue weighted by Crippen LogP contribution is 2.14. The van der Waals surface area contributed by atoms with Gasteiger partial charge in [0.15, 0.2) is 5.78 Å². The van der Waals surface area contributed by atoms with Crippen molar-refractivity contribution in [2.24, 2.45) is 0 Å². The molecule has 1 aromatic rings. The summed E-state index contributed by atoms with van der Waals surface area (Å²) >= 11 is 0. The average Bonchev–Trinajstić information content (AvgIpc) is 2.79. The van der Waals surface area contributed by atoms with Crippen molar-refractivity contribution in [1.82, 2.24) is 5.32 Å². The van der Waals surface area contributed by atoms with E-state index >= 15 is 0 Å². The van der Waals surface area contributed by atoms with Gasteiger partial charge in [0, 0.05) is 24.4 Å². The smallest absolute Gasteiger partial charge is 0.187 e. The minimum atomic E-state index is 0.0286. The Bertz CT molecular complexity index is 565. The molecule has 0 spiro atoms. The van der Waals surface area contributed by atoms with E-state index in [-0.39, 0.29) is 5.78 Å². The monoisotopic (exact) mass is 429 g/mol. The lowest BCUT2D eigenvalue weighted by atomic mass is 10.1. The van der Waals surface area contributed by atoms with Crippen LogP contribution in [0.3, 0.4) is 0 Å². The van der Waals surface area contributed by atoms with Crippen LogP contribution in [0.5, 0.6) is 5.75 Å². The van der Waals surface area contributed by atoms with Gasteiger partial charge in [-0.1, -0.05) is 97.3 Å². The molecule has 0 aliphatic rings. The number of ether oxygens (including phenoxy) is 1. The first kappa shape index (κ1) is 27.3. The van der Waals surface area contributed by atoms with Gasteiger partial charge in [0.1, 0.15) is 5.75 Å². The van der Waals surface area contributed by atoms with Crippen molar-refractivity contribution >= 4 is 5.78 Å². The lowest BCUT2D eigenvalue weighted by Crippen LogP contribution is -2.08. The molecule has 0 atom stereocenters. The van der Waals surface area contributed by atoms with Crippen molar-refractivity contribution in [3.05, 3.63) is 42.1 Å². The first-order chi connectivity index (χ1) is 15.3. The van der Waals surface area contributed by atoms with Crippen LogP contribution < -0.4 is 10.1 Å². The Labute approximate surface area is 192 Å². The zero-order valence-electron chi connectivity index (χ0n) is 20.3. The number of benzene rings is 1. The van der Waals surface area contributed by atoms with E-state index in [1.807, 2.05) is 24.3 Å². The molecule has 176 valence electrons. The van der Waals surface area contributed by atoms with Crippen LogP contribution in [0.2, 0.25) is 0 Å². The highest BCUT2D eigenvalue weighted by Gasteiger charge is 2.02. The van der Waals surface area contributed by atoms with Gasteiger partial charge in [-0.05, 0) is 37.1 Å². The molecule has 1 aromatic carbocycles. The number of unbranched alkanes of at least 4 members (excludes halogenated alkanes) is 13. The fraction of sp³-hybridized carbons (Fsp3) is 0.679. The van der Waals surface area contributed by atoms with Crippen LogP contribution >= 0.6 is 0 Å². The van der Waals surface area contributed by atoms with E-state index in [0.717, 1.165) is 25.3 Å². The van der Waals surface area contributed by atoms with Gasteiger partial charge in [-0.3, -0.25) is 4.79 Å². The van der Waals surface area contributed by atoms with Crippen LogP contribution in [0.4, 0.5) is 0 Å². The van der Waals surface area contributed by atoms with Gasteiger partial charge in [-0.15, -0.1) is 0 Å². The van der Waals surface area contributed by atoms with E-state index < -0.39 is 0 Å². The largest absolute Gasteiger partial charge is 0.494 e. The van der Waals surface area contributed by atoms with Gasteiger partial charge >= 0.3 is 0 Å². The van der Waals surface area contributed by atoms with Gasteiger partial charge in [0.25, 0.3) is 0 Å². The fourth-order valence-electron chi connectivity index (χ4n) is 3.64. The Balaban J connectivity index is 2.01. The van der Waals surface area contributed by atoms with Crippen LogP contribution in [0, 0.1) is 0 Å². The summed E-state index contributed by atoms with van der Waals surface area (Å²) in [5.41, 5.74) is 0.700. The van der Waals surface area contributed by atoms with Crippen molar-refractivity contribution in [2.45, 2.75) is 110 Å². The normalized spacial score (nSPS) is 11.2. The Morgan fingerprint density at radius 2 is 1.26 bits per heavy atom. The molecular formula is C28H47NO2. The zero-order chi connectivity index (χ0) is 22.4. The van der Waals surface area contributed by atoms with Crippen LogP contribution in [0.25, 0.3) is 0 Å². The maximum absolute atomic E-state index is 12.2. The second-order valence-electron chi connectivity index (χ2n) is 8.62. The number of hydrogen-bond acceptors (Lipinski definition) is 3. The minimum Gasteiger partial charge on any atom is -0.494 e. The standard InChI is InChI=1S/C28H47NO2/c1-3-5-7-9-10-11-12-13-14-15-16-23-29-24-22-28(30)26-18-20-27(21-19-26)31-25-17-8-6-4-2/h18-22,24,29H,3-17,23,25H2,1-2H3/b24-22-. The molecule has 0 aromatic heterocycles. The van der Waals surface area contributed by atoms with Crippen LogP contribution in [-0.4, -0.2) is 18.9 Å². The Morgan fingerprint density at radius 1 is 0.742 bits per heavy atom. The summed E-state index contributed by atoms with van der Waals surface area (Å²) in [6.45, 7) is 6.16. The Kier molecular flexibility index (Phi) is 17.7. The van der Waals surface area contributed by atoms with E-state index in [4.69, 9.17) is 4.74 Å². The fourth-order valence-corrected chi connectivity index (χ4v) is 3.64. The quantitative estimate of drug-likeness (QED) is 0.121. The highest BCUT2D eigenvalue weighted by atomic mass is 16.5. The van der Waals surface area contributed by atoms with E-state index in [0.29, 0.717) is 5.56 Å². The lowest BCUT2D eigenvalue weighted by molar-refractivity contribution is 0.104. The third kappa shape index (κ3) is 15.6. The van der Waals surface area contributed by atoms with E-state index in [1.54, 1.807) is 12.3 Å². The lowest BCUT2D eigenvalue weighted by Gasteiger charge is -2.06. The second kappa shape index (κ2) is 20.2. The molecule has 31 heavy (non-hydrogen) atoms. The summed E-state index contributed by atoms with van der Waals surface area (Å²) in [4.78, 5) is 12.2. The number of carbonyl (C=O) groups excluding carboxylic acids is 1. The van der Waals surface area contributed by atoms with Crippen molar-refractivity contribution in [3.63, 3.8) is 0 Å². The molecular weight excluding hydrogens is 382 g/mol. The van der Waals surface area contributed by atoms with Gasteiger partial charge in [0.05, 0.1) is 6.61 Å². The molecule has 1 N–H and O–H groups in total. The predicted molar refractivity (Wildman–Crippen MR) is 134 cm³/mol. The Hall–Kier alpha value is -1.77. The topological polar surface area (TPSA) is 38.3 Å². The molecule has 0 saturated carbocycles. The summed E-state index contributed by atoms with van der Waals surface area (Å²) in [6, 6.07) is 7.47. The summed E-state index contributed by atoms with van der Waals surface area (Å²) < 4.78 is 5.73. The highest BCUT2D eigenvalue weighted by molar-refractivity contribution is 6.04. The molecule has 3 heteroatoms. The second-order valence-corrected chi connectivity index (χ2v) is 8.62. The summed E-state index contributed by atoms with van der Waals surface area (Å²) in [7, 11) is 0. The molecule has 0 unspecified atom stereocenters. The first-order valence-electron chi connectivity index (χ1n) is 12.9. The van der Waals surface area contributed by atoms with Crippen molar-refractivity contribution in [3.8, 4) is 5.75 Å². The molecule has 0 bridgehead atoms. The third-order valence-electron chi connectivity index (χ3n) is 5.68. The predicted octanol–water partition coefficient (Wildman–Crippen LogP) is 8.24. The maximum Gasteiger partial charge on any atom is 0.187 e. The average molecular weight is 430 g/mol. The third-order valence-corrected chi connectivity index (χ3v) is 5.68. The van der Waals surface area contributed by atoms with Crippen molar-refractivity contribution in [1.29, 1.82) is 0 Å². The van der Waals surface area contributed by atoms with E-state index in [2.05, 4.69) is 19.2 Å². The molecule has 0 aliphatic carbocycles. The van der Waals surface area contributed by atoms with Crippen molar-refractivity contribution in [2.75, 3.05) is 13.2 Å². The van der Waals surface area contributed by atoms with Crippen molar-refractivity contribution < 1.29 is 9.53 Å². The van der Waals surface area contributed by atoms with Crippen LogP contribution in [0.15, 0.2) is 36.5 Å². The van der Waals surface area contributed by atoms with Gasteiger partial charge in [0.2, 0.25) is 0 Å². The maximum atomic E-state index is 12.2. The molecule has 3 nitrogen and oxygen atoms in total. The molecule has 0 fully saturated rings. The zero-order valence-corrected chi connectivity index (χ0v) is 20.3. The van der Waals surface area contributed by atoms with Gasteiger partial charge < -0.3 is 10.1 Å². The number of carbonyl (C=O) groups is 1. The first-order valence-corrected chi connectivity index (χ1v) is 12.9. The molecule has 0 radical (unpaired) electrons. The number of ketones is 1.